The van der Waals surface area contributed by atoms with Crippen molar-refractivity contribution in [1.29, 1.82) is 0 Å². The molecule has 0 aliphatic rings. The zero-order valence-corrected chi connectivity index (χ0v) is 24.8. The van der Waals surface area contributed by atoms with Crippen molar-refractivity contribution < 1.29 is 37.5 Å². The van der Waals surface area contributed by atoms with Crippen molar-refractivity contribution in [3.8, 4) is 28.5 Å². The fraction of sp³-hybridized carbons (Fsp3) is 0.188. The van der Waals surface area contributed by atoms with Crippen molar-refractivity contribution in [2.45, 2.75) is 38.8 Å². The van der Waals surface area contributed by atoms with Crippen LogP contribution in [0.3, 0.4) is 0 Å². The highest BCUT2D eigenvalue weighted by Gasteiger charge is 2.24. The van der Waals surface area contributed by atoms with E-state index in [-0.39, 0.29) is 29.3 Å². The van der Waals surface area contributed by atoms with Gasteiger partial charge in [0.15, 0.2) is 0 Å². The maximum absolute atomic E-state index is 15.2. The molecule has 0 radical (unpaired) electrons. The summed E-state index contributed by atoms with van der Waals surface area (Å²) >= 11 is 0. The van der Waals surface area contributed by atoms with Crippen molar-refractivity contribution in [3.63, 3.8) is 0 Å². The molecule has 236 valence electrons. The van der Waals surface area contributed by atoms with Crippen LogP contribution in [0, 0.1) is 11.6 Å². The van der Waals surface area contributed by atoms with Crippen LogP contribution in [-0.4, -0.2) is 54.6 Å². The van der Waals surface area contributed by atoms with Gasteiger partial charge in [0.05, 0.1) is 23.0 Å². The van der Waals surface area contributed by atoms with Gasteiger partial charge in [-0.05, 0) is 87.0 Å². The van der Waals surface area contributed by atoms with Crippen LogP contribution in [0.2, 0.25) is 0 Å². The van der Waals surface area contributed by atoms with Gasteiger partial charge < -0.3 is 19.7 Å². The van der Waals surface area contributed by atoms with E-state index in [0.717, 1.165) is 6.07 Å². The summed E-state index contributed by atoms with van der Waals surface area (Å²) < 4.78 is 40.3. The molecule has 0 saturated carbocycles. The van der Waals surface area contributed by atoms with Gasteiger partial charge in [0, 0.05) is 23.9 Å². The molecule has 3 aromatic carbocycles. The number of carboxylic acids is 1. The van der Waals surface area contributed by atoms with Crippen molar-refractivity contribution in [2.24, 2.45) is 0 Å². The van der Waals surface area contributed by atoms with Crippen LogP contribution in [0.15, 0.2) is 83.6 Å². The van der Waals surface area contributed by atoms with E-state index >= 15 is 4.39 Å². The molecule has 0 aliphatic carbocycles. The minimum Gasteiger partial charge on any atom is -0.480 e. The Hall–Kier alpha value is -5.92. The summed E-state index contributed by atoms with van der Waals surface area (Å²) in [5, 5.41) is 22.7. The quantitative estimate of drug-likeness (QED) is 0.187. The highest BCUT2D eigenvalue weighted by molar-refractivity contribution is 5.96. The van der Waals surface area contributed by atoms with E-state index in [4.69, 9.17) is 9.26 Å². The van der Waals surface area contributed by atoms with Gasteiger partial charge in [0.2, 0.25) is 5.82 Å². The molecule has 0 saturated heterocycles. The van der Waals surface area contributed by atoms with Gasteiger partial charge >= 0.3 is 12.1 Å². The van der Waals surface area contributed by atoms with Crippen LogP contribution in [0.5, 0.6) is 0 Å². The number of ether oxygens (including phenoxy) is 1. The molecule has 1 unspecified atom stereocenters. The lowest BCUT2D eigenvalue weighted by atomic mass is 10.0. The normalized spacial score (nSPS) is 11.9. The molecule has 0 bridgehead atoms. The summed E-state index contributed by atoms with van der Waals surface area (Å²) in [7, 11) is 0. The molecule has 0 spiro atoms. The Labute approximate surface area is 261 Å². The van der Waals surface area contributed by atoms with Gasteiger partial charge in [-0.3, -0.25) is 10.1 Å². The lowest BCUT2D eigenvalue weighted by molar-refractivity contribution is -0.139. The molecule has 14 heteroatoms. The molecule has 0 aliphatic heterocycles. The summed E-state index contributed by atoms with van der Waals surface area (Å²) in [5.41, 5.74) is 1.26. The van der Waals surface area contributed by atoms with E-state index in [2.05, 4.69) is 25.9 Å². The Bertz CT molecular complexity index is 1880. The molecule has 1 atom stereocenters. The third kappa shape index (κ3) is 7.77. The Kier molecular flexibility index (Phi) is 8.89. The number of hydrogen-bond donors (Lipinski definition) is 3. The maximum Gasteiger partial charge on any atom is 0.412 e. The van der Waals surface area contributed by atoms with Crippen LogP contribution >= 0.6 is 0 Å². The predicted molar refractivity (Wildman–Crippen MR) is 161 cm³/mol. The van der Waals surface area contributed by atoms with Crippen molar-refractivity contribution in [3.05, 3.63) is 102 Å². The highest BCUT2D eigenvalue weighted by Crippen LogP contribution is 2.26. The smallest absolute Gasteiger partial charge is 0.412 e. The first kappa shape index (κ1) is 31.5. The molecule has 46 heavy (non-hydrogen) atoms. The van der Waals surface area contributed by atoms with E-state index in [9.17, 15) is 23.9 Å². The molecule has 0 fully saturated rings. The zero-order valence-electron chi connectivity index (χ0n) is 24.8. The number of aliphatic carboxylic acids is 1. The fourth-order valence-corrected chi connectivity index (χ4v) is 4.29. The SMILES string of the molecule is CC(C)(C)OC(=O)Nc1ccc(-c2nc(-c3ccc(CC(NC(=O)c4cnn(-c5ccc(F)cc5)c4)C(=O)O)cc3F)no2)cc1. The molecule has 2 amide bonds. The Morgan fingerprint density at radius 2 is 1.74 bits per heavy atom. The van der Waals surface area contributed by atoms with Gasteiger partial charge in [-0.1, -0.05) is 11.2 Å². The summed E-state index contributed by atoms with van der Waals surface area (Å²) in [6.45, 7) is 5.26. The minimum atomic E-state index is -1.38. The Morgan fingerprint density at radius 3 is 2.39 bits per heavy atom. The monoisotopic (exact) mass is 630 g/mol. The maximum atomic E-state index is 15.2. The van der Waals surface area contributed by atoms with E-state index in [1.54, 1.807) is 45.0 Å². The van der Waals surface area contributed by atoms with Gasteiger partial charge in [-0.15, -0.1) is 0 Å². The topological polar surface area (TPSA) is 161 Å². The third-order valence-electron chi connectivity index (χ3n) is 6.46. The summed E-state index contributed by atoms with van der Waals surface area (Å²) in [6.07, 6.45) is 1.81. The fourth-order valence-electron chi connectivity index (χ4n) is 4.29. The van der Waals surface area contributed by atoms with Crippen LogP contribution in [-0.2, 0) is 16.0 Å². The van der Waals surface area contributed by atoms with Gasteiger partial charge in [-0.2, -0.15) is 10.1 Å². The van der Waals surface area contributed by atoms with Crippen LogP contribution < -0.4 is 10.6 Å². The second kappa shape index (κ2) is 13.0. The van der Waals surface area contributed by atoms with E-state index < -0.39 is 41.2 Å². The number of carbonyl (C=O) groups excluding carboxylic acids is 2. The van der Waals surface area contributed by atoms with Crippen molar-refractivity contribution in [2.75, 3.05) is 5.32 Å². The number of aromatic nitrogens is 4. The van der Waals surface area contributed by atoms with Gasteiger partial charge in [0.25, 0.3) is 11.8 Å². The van der Waals surface area contributed by atoms with Crippen molar-refractivity contribution >= 4 is 23.7 Å². The Morgan fingerprint density at radius 1 is 1.02 bits per heavy atom. The average Bonchev–Trinajstić information content (AvgIpc) is 3.68. The predicted octanol–water partition coefficient (Wildman–Crippen LogP) is 5.64. The first-order valence-electron chi connectivity index (χ1n) is 13.9. The zero-order chi connectivity index (χ0) is 33.0. The number of nitrogens with zero attached hydrogens (tertiary/aromatic N) is 4. The number of anilines is 1. The number of amides is 2. The van der Waals surface area contributed by atoms with E-state index in [1.807, 2.05) is 0 Å². The largest absolute Gasteiger partial charge is 0.480 e. The molecule has 5 rings (SSSR count). The summed E-state index contributed by atoms with van der Waals surface area (Å²) in [6, 6.07) is 14.6. The highest BCUT2D eigenvalue weighted by atomic mass is 19.1. The van der Waals surface area contributed by atoms with E-state index in [1.165, 1.54) is 53.5 Å². The summed E-state index contributed by atoms with van der Waals surface area (Å²) in [4.78, 5) is 41.0. The van der Waals surface area contributed by atoms with Gasteiger partial charge in [-0.25, -0.2) is 23.1 Å². The molecular formula is C32H28F2N6O6. The Balaban J connectivity index is 1.23. The number of halogens is 2. The summed E-state index contributed by atoms with van der Waals surface area (Å²) in [5.74, 6) is -3.10. The number of hydrogen-bond acceptors (Lipinski definition) is 8. The van der Waals surface area contributed by atoms with Crippen LogP contribution in [0.25, 0.3) is 28.5 Å². The first-order valence-corrected chi connectivity index (χ1v) is 13.9. The second-order valence-corrected chi connectivity index (χ2v) is 11.2. The van der Waals surface area contributed by atoms with Crippen molar-refractivity contribution in [1.82, 2.24) is 25.2 Å². The number of carbonyl (C=O) groups is 3. The minimum absolute atomic E-state index is 0.0195. The second-order valence-electron chi connectivity index (χ2n) is 11.2. The molecule has 2 heterocycles. The number of benzene rings is 3. The average molecular weight is 631 g/mol. The van der Waals surface area contributed by atoms with Crippen LogP contribution in [0.1, 0.15) is 36.7 Å². The number of rotatable bonds is 9. The molecule has 2 aromatic heterocycles. The number of nitrogens with one attached hydrogen (secondary N) is 2. The lowest BCUT2D eigenvalue weighted by Crippen LogP contribution is -2.42. The molecule has 3 N–H and O–H groups in total. The molecular weight excluding hydrogens is 602 g/mol. The standard InChI is InChI=1S/C32H28F2N6O6/c1-32(2,3)45-31(44)36-22-9-5-19(6-10-22)29-38-27(39-46-29)24-13-4-18(14-25(24)34)15-26(30(42)43)37-28(41)20-16-35-40(17-20)23-11-7-21(33)8-12-23/h4-14,16-17,26H,15H2,1-3H3,(H,36,44)(H,37,41)(H,42,43). The van der Waals surface area contributed by atoms with Gasteiger partial charge in [0.1, 0.15) is 23.3 Å². The van der Waals surface area contributed by atoms with Crippen LogP contribution in [0.4, 0.5) is 19.3 Å². The lowest BCUT2D eigenvalue weighted by Gasteiger charge is -2.19. The first-order chi connectivity index (χ1) is 21.8. The van der Waals surface area contributed by atoms with E-state index in [0.29, 0.717) is 22.5 Å². The molecule has 5 aromatic rings. The molecule has 12 nitrogen and oxygen atoms in total. The third-order valence-corrected chi connectivity index (χ3v) is 6.46. The number of carboxylic acid groups (broad SMARTS) is 1.